The van der Waals surface area contributed by atoms with Crippen LogP contribution >= 0.6 is 47.0 Å². The summed E-state index contributed by atoms with van der Waals surface area (Å²) in [5.41, 5.74) is 4.12. The number of carbonyl (C=O) groups excluding carboxylic acids is 2. The van der Waals surface area contributed by atoms with Gasteiger partial charge >= 0.3 is 0 Å². The van der Waals surface area contributed by atoms with Crippen LogP contribution in [0.4, 0.5) is 0 Å². The number of benzene rings is 8. The molecule has 8 nitrogen and oxygen atoms in total. The third-order valence-electron chi connectivity index (χ3n) is 13.8. The fourth-order valence-corrected chi connectivity index (χ4v) is 13.7. The van der Waals surface area contributed by atoms with Crippen molar-refractivity contribution in [2.75, 3.05) is 26.3 Å². The summed E-state index contributed by atoms with van der Waals surface area (Å²) >= 11 is 5.77. The van der Waals surface area contributed by atoms with Crippen LogP contribution in [0.25, 0.3) is 21.5 Å². The molecule has 0 aliphatic carbocycles. The lowest BCUT2D eigenvalue weighted by Crippen LogP contribution is -2.28. The predicted molar refractivity (Wildman–Crippen MR) is 324 cm³/mol. The van der Waals surface area contributed by atoms with Crippen molar-refractivity contribution in [1.82, 2.24) is 10.6 Å². The van der Waals surface area contributed by atoms with E-state index in [0.29, 0.717) is 42.2 Å². The van der Waals surface area contributed by atoms with E-state index in [0.717, 1.165) is 63.4 Å². The number of rotatable bonds is 10. The minimum Gasteiger partial charge on any atom is -0.506 e. The van der Waals surface area contributed by atoms with Crippen molar-refractivity contribution in [2.45, 2.75) is 144 Å². The Kier molecular flexibility index (Phi) is 16.3. The molecule has 0 atom stereocenters. The average Bonchev–Trinajstić information content (AvgIpc) is 3.48. The molecule has 8 aromatic carbocycles. The van der Waals surface area contributed by atoms with E-state index in [2.05, 4.69) is 142 Å². The van der Waals surface area contributed by atoms with Gasteiger partial charge in [-0.1, -0.05) is 203 Å². The van der Waals surface area contributed by atoms with Gasteiger partial charge in [0.2, 0.25) is 0 Å². The molecular weight excluding hydrogens is 1050 g/mol. The molecule has 4 N–H and O–H groups in total. The molecule has 404 valence electrons. The first-order chi connectivity index (χ1) is 36.8. The molecule has 0 spiro atoms. The van der Waals surface area contributed by atoms with Crippen LogP contribution in [0.3, 0.4) is 0 Å². The SMILES string of the molecule is CC(C)(C)c1cc2c(O)c(c1)Sc1cc(C(C)(C)C)cc(c1OCCNC(=O)c1cccc3ccccc13)Sc1cc(C(C)(C)C)cc(c1O)Sc1cc(C(C)(C)C)cc(c1OCCNC(=O)c1cccc3ccccc13)S2. The zero-order chi connectivity index (χ0) is 55.9. The Morgan fingerprint density at radius 1 is 0.397 bits per heavy atom. The minimum atomic E-state index is -0.310. The molecule has 2 amide bonds. The zero-order valence-electron chi connectivity index (χ0n) is 46.7. The van der Waals surface area contributed by atoms with Gasteiger partial charge in [0.1, 0.15) is 36.2 Å². The van der Waals surface area contributed by atoms with Crippen LogP contribution in [0.2, 0.25) is 0 Å². The highest BCUT2D eigenvalue weighted by molar-refractivity contribution is 8.01. The number of fused-ring (bicyclic) bond motifs is 10. The summed E-state index contributed by atoms with van der Waals surface area (Å²) in [6.45, 7) is 26.9. The summed E-state index contributed by atoms with van der Waals surface area (Å²) in [5.74, 6) is 1.02. The Balaban J connectivity index is 1.17. The van der Waals surface area contributed by atoms with Gasteiger partial charge < -0.3 is 30.3 Å². The number of aromatic hydroxyl groups is 2. The lowest BCUT2D eigenvalue weighted by molar-refractivity contribution is 0.0940. The molecule has 78 heavy (non-hydrogen) atoms. The number of phenols is 2. The number of amides is 2. The van der Waals surface area contributed by atoms with Crippen LogP contribution < -0.4 is 20.1 Å². The number of hydrogen-bond donors (Lipinski definition) is 4. The van der Waals surface area contributed by atoms with E-state index in [4.69, 9.17) is 9.47 Å². The molecule has 9 rings (SSSR count). The molecule has 0 saturated heterocycles. The van der Waals surface area contributed by atoms with Gasteiger partial charge in [-0.25, -0.2) is 0 Å². The maximum atomic E-state index is 13.8. The fourth-order valence-electron chi connectivity index (χ4n) is 9.10. The van der Waals surface area contributed by atoms with Crippen molar-refractivity contribution in [1.29, 1.82) is 0 Å². The van der Waals surface area contributed by atoms with Crippen LogP contribution in [0, 0.1) is 0 Å². The highest BCUT2D eigenvalue weighted by Gasteiger charge is 2.30. The largest absolute Gasteiger partial charge is 0.506 e. The lowest BCUT2D eigenvalue weighted by atomic mass is 9.87. The van der Waals surface area contributed by atoms with Gasteiger partial charge in [-0.15, -0.1) is 0 Å². The second kappa shape index (κ2) is 22.5. The van der Waals surface area contributed by atoms with Gasteiger partial charge in [0, 0.05) is 11.1 Å². The third kappa shape index (κ3) is 12.6. The van der Waals surface area contributed by atoms with Gasteiger partial charge in [0.15, 0.2) is 0 Å². The van der Waals surface area contributed by atoms with Gasteiger partial charge in [0.05, 0.1) is 52.3 Å². The van der Waals surface area contributed by atoms with Crippen molar-refractivity contribution in [2.24, 2.45) is 0 Å². The number of nitrogens with one attached hydrogen (secondary N) is 2. The molecule has 0 fully saturated rings. The van der Waals surface area contributed by atoms with Crippen LogP contribution in [0.1, 0.15) is 126 Å². The van der Waals surface area contributed by atoms with E-state index < -0.39 is 0 Å². The molecule has 1 aliphatic heterocycles. The van der Waals surface area contributed by atoms with Crippen molar-refractivity contribution in [3.8, 4) is 23.0 Å². The van der Waals surface area contributed by atoms with Crippen molar-refractivity contribution < 1.29 is 29.3 Å². The van der Waals surface area contributed by atoms with Crippen molar-refractivity contribution in [3.63, 3.8) is 0 Å². The molecule has 8 bridgehead atoms. The molecule has 1 heterocycles. The standard InChI is InChI=1S/C66H70N2O6S4/c1-63(2,3)41-31-49-57(69)50(32-41)76-54-36-44(66(10,11)12)38-56(60(54)74-30-28-68-62(72)48-26-18-22-40-20-14-16-24-46(40)48)78-52-34-42(64(4,5)6)33-51(58(52)70)77-55-37-43(65(7,8)9)35-53(75-49)59(55)73-29-27-67-61(71)47-25-17-21-39-19-13-15-23-45(39)47/h13-26,31-38,69-70H,27-30H2,1-12H3,(H,67,71)(H,68,72). The van der Waals surface area contributed by atoms with E-state index in [-0.39, 0.29) is 71.3 Å². The second-order valence-corrected chi connectivity index (χ2v) is 28.3. The van der Waals surface area contributed by atoms with Gasteiger partial charge in [-0.2, -0.15) is 0 Å². The van der Waals surface area contributed by atoms with E-state index in [9.17, 15) is 19.8 Å². The first kappa shape index (κ1) is 56.5. The number of ether oxygens (including phenoxy) is 2. The molecule has 0 unspecified atom stereocenters. The van der Waals surface area contributed by atoms with Crippen LogP contribution in [-0.4, -0.2) is 48.3 Å². The van der Waals surface area contributed by atoms with E-state index in [1.165, 1.54) is 47.0 Å². The quantitative estimate of drug-likeness (QED) is 0.0987. The second-order valence-electron chi connectivity index (χ2n) is 23.9. The Hall–Kier alpha value is -6.18. The van der Waals surface area contributed by atoms with Crippen LogP contribution in [0.15, 0.2) is 173 Å². The molecule has 0 radical (unpaired) electrons. The summed E-state index contributed by atoms with van der Waals surface area (Å²) in [6.07, 6.45) is 0. The van der Waals surface area contributed by atoms with Crippen molar-refractivity contribution in [3.05, 3.63) is 167 Å². The first-order valence-corrected chi connectivity index (χ1v) is 29.7. The topological polar surface area (TPSA) is 117 Å². The Labute approximate surface area is 477 Å². The molecule has 1 aliphatic rings. The number of phenolic OH excluding ortho intramolecular Hbond substituents is 2. The Morgan fingerprint density at radius 2 is 0.667 bits per heavy atom. The minimum absolute atomic E-state index is 0.120. The van der Waals surface area contributed by atoms with E-state index in [1.807, 2.05) is 84.9 Å². The van der Waals surface area contributed by atoms with Crippen LogP contribution in [-0.2, 0) is 21.7 Å². The third-order valence-corrected chi connectivity index (χ3v) is 18.0. The fraction of sp³-hybridized carbons (Fsp3) is 0.303. The maximum Gasteiger partial charge on any atom is 0.252 e. The highest BCUT2D eigenvalue weighted by atomic mass is 32.2. The average molecular weight is 1120 g/mol. The smallest absolute Gasteiger partial charge is 0.252 e. The van der Waals surface area contributed by atoms with E-state index in [1.54, 1.807) is 0 Å². The maximum absolute atomic E-state index is 13.8. The summed E-state index contributed by atoms with van der Waals surface area (Å²) in [5, 5.41) is 35.5. The van der Waals surface area contributed by atoms with Gasteiger partial charge in [-0.3, -0.25) is 9.59 Å². The van der Waals surface area contributed by atoms with Crippen molar-refractivity contribution >= 4 is 80.4 Å². The molecule has 8 aromatic rings. The molecule has 0 aromatic heterocycles. The van der Waals surface area contributed by atoms with Gasteiger partial charge in [-0.05, 0) is 126 Å². The predicted octanol–water partition coefficient (Wildman–Crippen LogP) is 17.1. The lowest BCUT2D eigenvalue weighted by Gasteiger charge is -2.27. The normalized spacial score (nSPS) is 13.1. The van der Waals surface area contributed by atoms with Crippen LogP contribution in [0.5, 0.6) is 23.0 Å². The summed E-state index contributed by atoms with van der Waals surface area (Å²) in [7, 11) is 0. The monoisotopic (exact) mass is 1110 g/mol. The Bertz CT molecular complexity index is 3260. The summed E-state index contributed by atoms with van der Waals surface area (Å²) in [6, 6.07) is 44.1. The number of carbonyl (C=O) groups is 2. The zero-order valence-corrected chi connectivity index (χ0v) is 50.0. The van der Waals surface area contributed by atoms with Gasteiger partial charge in [0.25, 0.3) is 11.8 Å². The first-order valence-electron chi connectivity index (χ1n) is 26.4. The summed E-state index contributed by atoms with van der Waals surface area (Å²) < 4.78 is 13.8. The highest BCUT2D eigenvalue weighted by Crippen LogP contribution is 2.56. The van der Waals surface area contributed by atoms with E-state index >= 15 is 0 Å². The molecular formula is C66H70N2O6S4. The Morgan fingerprint density at radius 3 is 0.962 bits per heavy atom. The summed E-state index contributed by atoms with van der Waals surface area (Å²) in [4.78, 5) is 33.2. The number of hydrogen-bond acceptors (Lipinski definition) is 10. The molecule has 0 saturated carbocycles. The molecule has 12 heteroatoms.